The first kappa shape index (κ1) is 16.6. The van der Waals surface area contributed by atoms with Crippen molar-refractivity contribution >= 4 is 6.09 Å². The number of aliphatic hydroxyl groups is 1. The molecule has 0 spiro atoms. The molecule has 0 heterocycles. The van der Waals surface area contributed by atoms with E-state index < -0.39 is 11.6 Å². The van der Waals surface area contributed by atoms with Crippen LogP contribution in [0, 0.1) is 0 Å². The van der Waals surface area contributed by atoms with Crippen LogP contribution in [0.3, 0.4) is 0 Å². The molecule has 0 fully saturated rings. The molecule has 6 nitrogen and oxygen atoms in total. The number of aliphatic hydroxyl groups excluding tert-OH is 1. The van der Waals surface area contributed by atoms with Crippen molar-refractivity contribution in [3.8, 4) is 0 Å². The Morgan fingerprint density at radius 1 is 1.50 bits per heavy atom. The standard InChI is InChI=1S/C12H25N3O3/c1-12(2,3)18-11(17)15(4)7-5-6-9(14)10(16)8-13/h8-9,16H,5-7,13-14H2,1-4H3/b10-8+. The van der Waals surface area contributed by atoms with Gasteiger partial charge in [0.1, 0.15) is 11.4 Å². The van der Waals surface area contributed by atoms with Crippen molar-refractivity contribution in [3.63, 3.8) is 0 Å². The molecular formula is C12H25N3O3. The third-order valence-corrected chi connectivity index (χ3v) is 2.26. The molecule has 1 unspecified atom stereocenters. The van der Waals surface area contributed by atoms with Crippen LogP contribution in [0.1, 0.15) is 33.6 Å². The molecule has 0 aliphatic heterocycles. The van der Waals surface area contributed by atoms with Crippen LogP contribution in [-0.4, -0.2) is 41.3 Å². The van der Waals surface area contributed by atoms with Crippen molar-refractivity contribution in [2.45, 2.75) is 45.3 Å². The lowest BCUT2D eigenvalue weighted by atomic mass is 10.1. The maximum Gasteiger partial charge on any atom is 0.410 e. The van der Waals surface area contributed by atoms with Crippen LogP contribution in [0.15, 0.2) is 12.0 Å². The van der Waals surface area contributed by atoms with Gasteiger partial charge in [-0.05, 0) is 33.6 Å². The van der Waals surface area contributed by atoms with Gasteiger partial charge in [0.2, 0.25) is 0 Å². The Morgan fingerprint density at radius 2 is 2.06 bits per heavy atom. The van der Waals surface area contributed by atoms with Gasteiger partial charge in [-0.2, -0.15) is 0 Å². The Morgan fingerprint density at radius 3 is 2.50 bits per heavy atom. The molecular weight excluding hydrogens is 234 g/mol. The fourth-order valence-electron chi connectivity index (χ4n) is 1.25. The lowest BCUT2D eigenvalue weighted by Crippen LogP contribution is -2.35. The van der Waals surface area contributed by atoms with E-state index in [9.17, 15) is 9.90 Å². The van der Waals surface area contributed by atoms with Gasteiger partial charge in [0, 0.05) is 19.8 Å². The largest absolute Gasteiger partial charge is 0.509 e. The van der Waals surface area contributed by atoms with Gasteiger partial charge < -0.3 is 26.2 Å². The zero-order chi connectivity index (χ0) is 14.3. The summed E-state index contributed by atoms with van der Waals surface area (Å²) in [6, 6.07) is -0.484. The zero-order valence-electron chi connectivity index (χ0n) is 11.6. The minimum atomic E-state index is -0.498. The molecule has 0 saturated heterocycles. The van der Waals surface area contributed by atoms with Crippen LogP contribution in [0.4, 0.5) is 4.79 Å². The van der Waals surface area contributed by atoms with E-state index in [0.717, 1.165) is 6.20 Å². The molecule has 0 aliphatic rings. The number of carbonyl (C=O) groups excluding carboxylic acids is 1. The molecule has 0 aliphatic carbocycles. The van der Waals surface area contributed by atoms with Crippen LogP contribution < -0.4 is 11.5 Å². The van der Waals surface area contributed by atoms with Crippen LogP contribution >= 0.6 is 0 Å². The van der Waals surface area contributed by atoms with Crippen LogP contribution in [0.25, 0.3) is 0 Å². The first-order chi connectivity index (χ1) is 8.17. The third kappa shape index (κ3) is 7.01. The van der Waals surface area contributed by atoms with Crippen molar-refractivity contribution in [1.82, 2.24) is 4.90 Å². The summed E-state index contributed by atoms with van der Waals surface area (Å²) in [4.78, 5) is 13.1. The molecule has 1 amide bonds. The van der Waals surface area contributed by atoms with E-state index in [1.807, 2.05) is 20.8 Å². The summed E-state index contributed by atoms with van der Waals surface area (Å²) in [6.07, 6.45) is 1.93. The summed E-state index contributed by atoms with van der Waals surface area (Å²) < 4.78 is 5.20. The average Bonchev–Trinajstić information content (AvgIpc) is 2.25. The second-order valence-corrected chi connectivity index (χ2v) is 5.24. The van der Waals surface area contributed by atoms with Gasteiger partial charge in [-0.25, -0.2) is 4.79 Å². The summed E-state index contributed by atoms with van der Waals surface area (Å²) in [6.45, 7) is 5.97. The lowest BCUT2D eigenvalue weighted by Gasteiger charge is -2.24. The van der Waals surface area contributed by atoms with Crippen molar-refractivity contribution < 1.29 is 14.6 Å². The minimum absolute atomic E-state index is 0.0325. The monoisotopic (exact) mass is 259 g/mol. The van der Waals surface area contributed by atoms with Gasteiger partial charge in [0.25, 0.3) is 0 Å². The van der Waals surface area contributed by atoms with Gasteiger partial charge in [-0.1, -0.05) is 0 Å². The van der Waals surface area contributed by atoms with Gasteiger partial charge >= 0.3 is 6.09 Å². The Kier molecular flexibility index (Phi) is 6.54. The van der Waals surface area contributed by atoms with E-state index in [2.05, 4.69) is 0 Å². The lowest BCUT2D eigenvalue weighted by molar-refractivity contribution is 0.0295. The van der Waals surface area contributed by atoms with Gasteiger partial charge in [0.15, 0.2) is 0 Å². The highest BCUT2D eigenvalue weighted by Crippen LogP contribution is 2.10. The minimum Gasteiger partial charge on any atom is -0.509 e. The summed E-state index contributed by atoms with van der Waals surface area (Å²) in [5.41, 5.74) is 10.3. The summed E-state index contributed by atoms with van der Waals surface area (Å²) in [5, 5.41) is 9.26. The number of amides is 1. The maximum atomic E-state index is 11.6. The van der Waals surface area contributed by atoms with E-state index >= 15 is 0 Å². The Hall–Kier alpha value is -1.43. The van der Waals surface area contributed by atoms with Crippen LogP contribution in [-0.2, 0) is 4.74 Å². The molecule has 1 atom stereocenters. The number of hydrogen-bond acceptors (Lipinski definition) is 5. The number of nitrogens with zero attached hydrogens (tertiary/aromatic N) is 1. The molecule has 106 valence electrons. The first-order valence-corrected chi connectivity index (χ1v) is 5.98. The summed E-state index contributed by atoms with van der Waals surface area (Å²) in [5.74, 6) is -0.0325. The Labute approximate surface area is 109 Å². The van der Waals surface area contributed by atoms with E-state index in [1.54, 1.807) is 7.05 Å². The highest BCUT2D eigenvalue weighted by Gasteiger charge is 2.19. The average molecular weight is 259 g/mol. The van der Waals surface area contributed by atoms with Crippen molar-refractivity contribution in [2.24, 2.45) is 11.5 Å². The molecule has 0 rings (SSSR count). The molecule has 0 bridgehead atoms. The number of rotatable bonds is 5. The van der Waals surface area contributed by atoms with Crippen molar-refractivity contribution in [3.05, 3.63) is 12.0 Å². The SMILES string of the molecule is CN(CCCC(N)/C(O)=C\N)C(=O)OC(C)(C)C. The third-order valence-electron chi connectivity index (χ3n) is 2.26. The first-order valence-electron chi connectivity index (χ1n) is 5.98. The predicted molar refractivity (Wildman–Crippen MR) is 71.0 cm³/mol. The molecule has 0 radical (unpaired) electrons. The Bertz CT molecular complexity index is 297. The van der Waals surface area contributed by atoms with Crippen molar-refractivity contribution in [1.29, 1.82) is 0 Å². The number of carbonyl (C=O) groups is 1. The highest BCUT2D eigenvalue weighted by atomic mass is 16.6. The fraction of sp³-hybridized carbons (Fsp3) is 0.750. The van der Waals surface area contributed by atoms with E-state index in [1.165, 1.54) is 4.90 Å². The second-order valence-electron chi connectivity index (χ2n) is 5.24. The summed E-state index contributed by atoms with van der Waals surface area (Å²) in [7, 11) is 1.66. The normalized spacial score (nSPS) is 14.2. The summed E-state index contributed by atoms with van der Waals surface area (Å²) >= 11 is 0. The van der Waals surface area contributed by atoms with Crippen LogP contribution in [0.5, 0.6) is 0 Å². The van der Waals surface area contributed by atoms with E-state index in [4.69, 9.17) is 16.2 Å². The van der Waals surface area contributed by atoms with E-state index in [0.29, 0.717) is 19.4 Å². The maximum absolute atomic E-state index is 11.6. The molecule has 0 saturated carbocycles. The van der Waals surface area contributed by atoms with Gasteiger partial charge in [-0.15, -0.1) is 0 Å². The fourth-order valence-corrected chi connectivity index (χ4v) is 1.25. The molecule has 0 aromatic heterocycles. The smallest absolute Gasteiger partial charge is 0.410 e. The second kappa shape index (κ2) is 7.10. The molecule has 6 heteroatoms. The Balaban J connectivity index is 3.97. The molecule has 5 N–H and O–H groups in total. The molecule has 18 heavy (non-hydrogen) atoms. The van der Waals surface area contributed by atoms with Crippen molar-refractivity contribution in [2.75, 3.05) is 13.6 Å². The number of hydrogen-bond donors (Lipinski definition) is 3. The predicted octanol–water partition coefficient (Wildman–Crippen LogP) is 1.32. The van der Waals surface area contributed by atoms with Gasteiger partial charge in [-0.3, -0.25) is 0 Å². The number of ether oxygens (including phenoxy) is 1. The quantitative estimate of drug-likeness (QED) is 0.646. The van der Waals surface area contributed by atoms with Gasteiger partial charge in [0.05, 0.1) is 6.04 Å². The van der Waals surface area contributed by atoms with E-state index in [-0.39, 0.29) is 11.9 Å². The molecule has 0 aromatic rings. The van der Waals surface area contributed by atoms with Crippen LogP contribution in [0.2, 0.25) is 0 Å². The number of nitrogens with two attached hydrogens (primary N) is 2. The topological polar surface area (TPSA) is 102 Å². The molecule has 0 aromatic carbocycles. The zero-order valence-corrected chi connectivity index (χ0v) is 11.6. The highest BCUT2D eigenvalue weighted by molar-refractivity contribution is 5.67.